The van der Waals surface area contributed by atoms with Crippen LogP contribution in [-0.2, 0) is 0 Å². The van der Waals surface area contributed by atoms with E-state index in [1.807, 2.05) is 0 Å². The predicted molar refractivity (Wildman–Crippen MR) is 48.5 cm³/mol. The van der Waals surface area contributed by atoms with Crippen LogP contribution in [0.4, 0.5) is 0 Å². The van der Waals surface area contributed by atoms with Crippen LogP contribution in [-0.4, -0.2) is 30.1 Å². The third-order valence-corrected chi connectivity index (χ3v) is 2.10. The fourth-order valence-electron chi connectivity index (χ4n) is 1.52. The second-order valence-corrected chi connectivity index (χ2v) is 3.70. The summed E-state index contributed by atoms with van der Waals surface area (Å²) in [6.07, 6.45) is 4.04. The summed E-state index contributed by atoms with van der Waals surface area (Å²) in [7, 11) is 0. The lowest BCUT2D eigenvalue weighted by Crippen LogP contribution is -2.37. The Hall–Kier alpha value is -0.0800. The number of rotatable bonds is 5. The summed E-state index contributed by atoms with van der Waals surface area (Å²) in [6.45, 7) is 6.63. The first kappa shape index (κ1) is 9.01. The molecule has 0 aliphatic heterocycles. The summed E-state index contributed by atoms with van der Waals surface area (Å²) in [5.41, 5.74) is 5.75. The highest BCUT2D eigenvalue weighted by Crippen LogP contribution is 2.26. The van der Waals surface area contributed by atoms with E-state index >= 15 is 0 Å². The fourth-order valence-corrected chi connectivity index (χ4v) is 1.52. The summed E-state index contributed by atoms with van der Waals surface area (Å²) >= 11 is 0. The van der Waals surface area contributed by atoms with E-state index in [1.54, 1.807) is 0 Å². The molecule has 0 aromatic heterocycles. The Morgan fingerprint density at radius 2 is 2.18 bits per heavy atom. The molecule has 1 aliphatic rings. The largest absolute Gasteiger partial charge is 0.327 e. The Kier molecular flexibility index (Phi) is 3.34. The zero-order chi connectivity index (χ0) is 8.27. The van der Waals surface area contributed by atoms with E-state index in [0.717, 1.165) is 12.6 Å². The van der Waals surface area contributed by atoms with Crippen LogP contribution in [0.25, 0.3) is 0 Å². The molecular weight excluding hydrogens is 136 g/mol. The third kappa shape index (κ3) is 3.21. The average Bonchev–Trinajstić information content (AvgIpc) is 2.66. The minimum atomic E-state index is 0.335. The van der Waals surface area contributed by atoms with Gasteiger partial charge in [-0.2, -0.15) is 0 Å². The standard InChI is InChI=1S/C9H20N2/c1-3-6-11(7-8(2)10)9-4-5-9/h8-9H,3-7,10H2,1-2H3/t8-/m1/s1. The highest BCUT2D eigenvalue weighted by molar-refractivity contribution is 4.85. The van der Waals surface area contributed by atoms with Gasteiger partial charge in [0.2, 0.25) is 0 Å². The van der Waals surface area contributed by atoms with Crippen molar-refractivity contribution in [3.63, 3.8) is 0 Å². The summed E-state index contributed by atoms with van der Waals surface area (Å²) in [5.74, 6) is 0. The molecule has 2 heteroatoms. The molecular formula is C9H20N2. The molecule has 0 aromatic rings. The average molecular weight is 156 g/mol. The summed E-state index contributed by atoms with van der Waals surface area (Å²) in [6, 6.07) is 1.21. The van der Waals surface area contributed by atoms with Crippen LogP contribution in [0.3, 0.4) is 0 Å². The van der Waals surface area contributed by atoms with Crippen LogP contribution in [0.5, 0.6) is 0 Å². The van der Waals surface area contributed by atoms with Gasteiger partial charge in [-0.15, -0.1) is 0 Å². The summed E-state index contributed by atoms with van der Waals surface area (Å²) < 4.78 is 0. The molecule has 66 valence electrons. The highest BCUT2D eigenvalue weighted by Gasteiger charge is 2.28. The number of hydrogen-bond donors (Lipinski definition) is 1. The molecule has 0 aromatic carbocycles. The molecule has 0 spiro atoms. The molecule has 0 unspecified atom stereocenters. The molecule has 0 heterocycles. The maximum Gasteiger partial charge on any atom is 0.0139 e. The maximum absolute atomic E-state index is 5.75. The SMILES string of the molecule is CCCN(C[C@@H](C)N)C1CC1. The van der Waals surface area contributed by atoms with Gasteiger partial charge in [-0.1, -0.05) is 6.92 Å². The maximum atomic E-state index is 5.75. The second-order valence-electron chi connectivity index (χ2n) is 3.70. The van der Waals surface area contributed by atoms with Crippen molar-refractivity contribution in [2.45, 2.75) is 45.2 Å². The molecule has 0 bridgehead atoms. The Bertz CT molecular complexity index is 108. The molecule has 1 aliphatic carbocycles. The van der Waals surface area contributed by atoms with Gasteiger partial charge in [0.15, 0.2) is 0 Å². The van der Waals surface area contributed by atoms with E-state index in [0.29, 0.717) is 6.04 Å². The molecule has 0 radical (unpaired) electrons. The van der Waals surface area contributed by atoms with Gasteiger partial charge in [0, 0.05) is 18.6 Å². The molecule has 11 heavy (non-hydrogen) atoms. The number of hydrogen-bond acceptors (Lipinski definition) is 2. The van der Waals surface area contributed by atoms with Crippen LogP contribution in [0, 0.1) is 0 Å². The predicted octanol–water partition coefficient (Wildman–Crippen LogP) is 1.21. The lowest BCUT2D eigenvalue weighted by Gasteiger charge is -2.22. The van der Waals surface area contributed by atoms with Crippen molar-refractivity contribution < 1.29 is 0 Å². The van der Waals surface area contributed by atoms with Crippen LogP contribution < -0.4 is 5.73 Å². The molecule has 0 amide bonds. The fraction of sp³-hybridized carbons (Fsp3) is 1.00. The lowest BCUT2D eigenvalue weighted by molar-refractivity contribution is 0.251. The van der Waals surface area contributed by atoms with Gasteiger partial charge in [0.05, 0.1) is 0 Å². The smallest absolute Gasteiger partial charge is 0.0139 e. The minimum absolute atomic E-state index is 0.335. The van der Waals surface area contributed by atoms with E-state index in [4.69, 9.17) is 5.73 Å². The van der Waals surface area contributed by atoms with Gasteiger partial charge >= 0.3 is 0 Å². The zero-order valence-corrected chi connectivity index (χ0v) is 7.71. The van der Waals surface area contributed by atoms with E-state index < -0.39 is 0 Å². The van der Waals surface area contributed by atoms with Crippen LogP contribution in [0.1, 0.15) is 33.1 Å². The Morgan fingerprint density at radius 1 is 1.55 bits per heavy atom. The van der Waals surface area contributed by atoms with Crippen molar-refractivity contribution in [1.82, 2.24) is 4.90 Å². The molecule has 1 rings (SSSR count). The van der Waals surface area contributed by atoms with Crippen molar-refractivity contribution in [1.29, 1.82) is 0 Å². The Balaban J connectivity index is 2.20. The highest BCUT2D eigenvalue weighted by atomic mass is 15.2. The molecule has 2 nitrogen and oxygen atoms in total. The van der Waals surface area contributed by atoms with E-state index in [9.17, 15) is 0 Å². The van der Waals surface area contributed by atoms with E-state index in [-0.39, 0.29) is 0 Å². The summed E-state index contributed by atoms with van der Waals surface area (Å²) in [5, 5.41) is 0. The lowest BCUT2D eigenvalue weighted by atomic mass is 10.3. The zero-order valence-electron chi connectivity index (χ0n) is 7.71. The number of nitrogens with zero attached hydrogens (tertiary/aromatic N) is 1. The normalized spacial score (nSPS) is 20.7. The molecule has 0 saturated heterocycles. The Morgan fingerprint density at radius 3 is 2.55 bits per heavy atom. The van der Waals surface area contributed by atoms with Crippen molar-refractivity contribution >= 4 is 0 Å². The van der Waals surface area contributed by atoms with Gasteiger partial charge in [0.1, 0.15) is 0 Å². The van der Waals surface area contributed by atoms with Gasteiger partial charge in [0.25, 0.3) is 0 Å². The third-order valence-electron chi connectivity index (χ3n) is 2.10. The quantitative estimate of drug-likeness (QED) is 0.648. The van der Waals surface area contributed by atoms with Gasteiger partial charge < -0.3 is 5.73 Å². The van der Waals surface area contributed by atoms with Gasteiger partial charge in [-0.3, -0.25) is 4.90 Å². The van der Waals surface area contributed by atoms with Crippen molar-refractivity contribution in [3.8, 4) is 0 Å². The second kappa shape index (κ2) is 4.07. The summed E-state index contributed by atoms with van der Waals surface area (Å²) in [4.78, 5) is 2.53. The first-order valence-electron chi connectivity index (χ1n) is 4.73. The van der Waals surface area contributed by atoms with E-state index in [2.05, 4.69) is 18.7 Å². The molecule has 1 atom stereocenters. The molecule has 1 fully saturated rings. The van der Waals surface area contributed by atoms with E-state index in [1.165, 1.54) is 25.8 Å². The van der Waals surface area contributed by atoms with Crippen LogP contribution >= 0.6 is 0 Å². The Labute approximate surface area is 69.8 Å². The topological polar surface area (TPSA) is 29.3 Å². The first-order valence-corrected chi connectivity index (χ1v) is 4.73. The van der Waals surface area contributed by atoms with Crippen molar-refractivity contribution in [3.05, 3.63) is 0 Å². The first-order chi connectivity index (χ1) is 5.24. The molecule has 2 N–H and O–H groups in total. The minimum Gasteiger partial charge on any atom is -0.327 e. The number of nitrogens with two attached hydrogens (primary N) is 1. The van der Waals surface area contributed by atoms with Gasteiger partial charge in [-0.05, 0) is 32.7 Å². The van der Waals surface area contributed by atoms with Crippen LogP contribution in [0.2, 0.25) is 0 Å². The van der Waals surface area contributed by atoms with Crippen LogP contribution in [0.15, 0.2) is 0 Å². The van der Waals surface area contributed by atoms with Crippen molar-refractivity contribution in [2.75, 3.05) is 13.1 Å². The van der Waals surface area contributed by atoms with Gasteiger partial charge in [-0.25, -0.2) is 0 Å². The van der Waals surface area contributed by atoms with Crippen molar-refractivity contribution in [2.24, 2.45) is 5.73 Å². The molecule has 1 saturated carbocycles. The monoisotopic (exact) mass is 156 g/mol.